The van der Waals surface area contributed by atoms with Crippen LogP contribution in [0, 0.1) is 23.2 Å². The van der Waals surface area contributed by atoms with Crippen molar-refractivity contribution in [2.75, 3.05) is 6.61 Å². The lowest BCUT2D eigenvalue weighted by atomic mass is 9.72. The summed E-state index contributed by atoms with van der Waals surface area (Å²) in [6, 6.07) is 0. The number of esters is 1. The Hall–Kier alpha value is -2.09. The van der Waals surface area contributed by atoms with Crippen molar-refractivity contribution in [1.82, 2.24) is 0 Å². The highest BCUT2D eigenvalue weighted by atomic mass is 16.5. The van der Waals surface area contributed by atoms with E-state index in [9.17, 15) is 4.79 Å². The molecule has 2 nitrogen and oxygen atoms in total. The third-order valence-corrected chi connectivity index (χ3v) is 8.92. The lowest BCUT2D eigenvalue weighted by molar-refractivity contribution is -0.136. The van der Waals surface area contributed by atoms with E-state index in [1.54, 1.807) is 6.08 Å². The van der Waals surface area contributed by atoms with E-state index in [4.69, 9.17) is 4.74 Å². The number of allylic oxidation sites excluding steroid dienone is 10. The van der Waals surface area contributed by atoms with Crippen molar-refractivity contribution in [3.05, 3.63) is 70.4 Å². The number of hydrogen-bond donors (Lipinski definition) is 0. The maximum Gasteiger partial charge on any atom is 0.331 e. The Kier molecular flexibility index (Phi) is 18.7. The van der Waals surface area contributed by atoms with Gasteiger partial charge in [0, 0.05) is 6.08 Å². The van der Waals surface area contributed by atoms with Crippen LogP contribution >= 0.6 is 0 Å². The van der Waals surface area contributed by atoms with Gasteiger partial charge in [0.25, 0.3) is 0 Å². The Morgan fingerprint density at radius 2 is 1.50 bits per heavy atom. The first-order valence-corrected chi connectivity index (χ1v) is 17.0. The molecule has 0 fully saturated rings. The molecule has 0 aliphatic heterocycles. The van der Waals surface area contributed by atoms with E-state index < -0.39 is 0 Å². The zero-order valence-electron chi connectivity index (χ0n) is 29.3. The van der Waals surface area contributed by atoms with Crippen LogP contribution < -0.4 is 0 Å². The minimum absolute atomic E-state index is 0.256. The highest BCUT2D eigenvalue weighted by molar-refractivity contribution is 5.83. The molecule has 0 spiro atoms. The number of ether oxygens (including phenoxy) is 1. The minimum atomic E-state index is -0.282. The summed E-state index contributed by atoms with van der Waals surface area (Å²) in [5, 5.41) is 0. The van der Waals surface area contributed by atoms with E-state index in [1.807, 2.05) is 19.1 Å². The quantitative estimate of drug-likeness (QED) is 0.0659. The fraction of sp³-hybridized carbons (Fsp3) is 0.675. The van der Waals surface area contributed by atoms with Crippen molar-refractivity contribution in [3.8, 4) is 0 Å². The molecule has 0 saturated heterocycles. The molecule has 238 valence electrons. The maximum atomic E-state index is 12.2. The molecule has 0 aromatic carbocycles. The predicted molar refractivity (Wildman–Crippen MR) is 186 cm³/mol. The second-order valence-electron chi connectivity index (χ2n) is 14.5. The normalized spacial score (nSPS) is 18.4. The molecule has 0 heterocycles. The van der Waals surface area contributed by atoms with Gasteiger partial charge in [0.05, 0.1) is 0 Å². The summed E-state index contributed by atoms with van der Waals surface area (Å²) in [5.74, 6) is 2.21. The molecule has 0 amide bonds. The first-order valence-electron chi connectivity index (χ1n) is 17.0. The van der Waals surface area contributed by atoms with E-state index in [-0.39, 0.29) is 11.4 Å². The fourth-order valence-corrected chi connectivity index (χ4v) is 5.98. The van der Waals surface area contributed by atoms with Crippen LogP contribution in [-0.2, 0) is 9.53 Å². The van der Waals surface area contributed by atoms with Crippen LogP contribution in [0.2, 0.25) is 0 Å². The van der Waals surface area contributed by atoms with Gasteiger partial charge in [-0.3, -0.25) is 0 Å². The van der Waals surface area contributed by atoms with Crippen molar-refractivity contribution >= 4 is 5.97 Å². The Labute approximate surface area is 261 Å². The molecule has 0 saturated carbocycles. The van der Waals surface area contributed by atoms with Crippen molar-refractivity contribution in [1.29, 1.82) is 0 Å². The third kappa shape index (κ3) is 17.8. The van der Waals surface area contributed by atoms with Gasteiger partial charge >= 0.3 is 5.97 Å². The van der Waals surface area contributed by atoms with E-state index in [1.165, 1.54) is 92.9 Å². The summed E-state index contributed by atoms with van der Waals surface area (Å²) < 4.78 is 5.43. The molecule has 0 aromatic rings. The maximum absolute atomic E-state index is 12.2. The molecule has 0 aromatic heterocycles. The lowest BCUT2D eigenvalue weighted by Crippen LogP contribution is -2.19. The summed E-state index contributed by atoms with van der Waals surface area (Å²) in [4.78, 5) is 12.2. The predicted octanol–water partition coefficient (Wildman–Crippen LogP) is 12.4. The van der Waals surface area contributed by atoms with Crippen LogP contribution in [0.15, 0.2) is 70.4 Å². The monoisotopic (exact) mass is 579 g/mol. The molecule has 2 unspecified atom stereocenters. The average molecular weight is 579 g/mol. The van der Waals surface area contributed by atoms with Gasteiger partial charge in [0.15, 0.2) is 0 Å². The summed E-state index contributed by atoms with van der Waals surface area (Å²) in [6.45, 7) is 23.0. The number of carbonyl (C=O) groups is 1. The Morgan fingerprint density at radius 1 is 0.881 bits per heavy atom. The van der Waals surface area contributed by atoms with Gasteiger partial charge in [-0.05, 0) is 100 Å². The number of hydrogen-bond acceptors (Lipinski definition) is 2. The summed E-state index contributed by atoms with van der Waals surface area (Å²) in [6.07, 6.45) is 29.7. The molecule has 1 aliphatic carbocycles. The van der Waals surface area contributed by atoms with E-state index in [0.29, 0.717) is 6.61 Å². The summed E-state index contributed by atoms with van der Waals surface area (Å²) in [7, 11) is 0. The topological polar surface area (TPSA) is 26.3 Å². The molecule has 1 aliphatic rings. The van der Waals surface area contributed by atoms with Gasteiger partial charge in [0.2, 0.25) is 0 Å². The number of rotatable bonds is 19. The first kappa shape index (κ1) is 37.9. The van der Waals surface area contributed by atoms with Crippen LogP contribution in [0.3, 0.4) is 0 Å². The second kappa shape index (κ2) is 20.8. The van der Waals surface area contributed by atoms with Gasteiger partial charge in [0.1, 0.15) is 6.61 Å². The highest BCUT2D eigenvalue weighted by Gasteiger charge is 2.26. The van der Waals surface area contributed by atoms with Crippen molar-refractivity contribution < 1.29 is 9.53 Å². The van der Waals surface area contributed by atoms with Gasteiger partial charge in [-0.25, -0.2) is 4.79 Å². The van der Waals surface area contributed by atoms with Crippen LogP contribution in [0.5, 0.6) is 0 Å². The van der Waals surface area contributed by atoms with Crippen molar-refractivity contribution in [2.45, 2.75) is 146 Å². The van der Waals surface area contributed by atoms with Crippen LogP contribution in [0.1, 0.15) is 146 Å². The Bertz CT molecular complexity index is 979. The summed E-state index contributed by atoms with van der Waals surface area (Å²) in [5.41, 5.74) is 6.64. The molecule has 0 N–H and O–H groups in total. The molecule has 0 radical (unpaired) electrons. The molecule has 42 heavy (non-hydrogen) atoms. The molecule has 0 bridgehead atoms. The number of carbonyl (C=O) groups excluding carboxylic acids is 1. The molecular formula is C40H66O2. The zero-order valence-corrected chi connectivity index (χ0v) is 29.3. The summed E-state index contributed by atoms with van der Waals surface area (Å²) >= 11 is 0. The van der Waals surface area contributed by atoms with E-state index in [2.05, 4.69) is 86.6 Å². The molecule has 1 rings (SSSR count). The Balaban J connectivity index is 2.32. The molecule has 2 atom stereocenters. The standard InChI is InChI=1S/C40H66O2/c1-31(2)16-11-17-32(3)18-12-19-33(4)20-13-22-35(6)27-29-42-39(41)30-36(7)23-14-21-34(5)25-26-38-37(8)24-15-28-40(38,9)10/h14,21,23,25-27,30-33H,11-13,15-20,22,24,28-29H2,1-10H3. The van der Waals surface area contributed by atoms with E-state index in [0.717, 1.165) is 29.7 Å². The lowest BCUT2D eigenvalue weighted by Gasteiger charge is -2.32. The fourth-order valence-electron chi connectivity index (χ4n) is 5.98. The first-order chi connectivity index (χ1) is 19.8. The smallest absolute Gasteiger partial charge is 0.331 e. The highest BCUT2D eigenvalue weighted by Crippen LogP contribution is 2.40. The van der Waals surface area contributed by atoms with E-state index >= 15 is 0 Å². The molecule has 2 heteroatoms. The minimum Gasteiger partial charge on any atom is -0.458 e. The van der Waals surface area contributed by atoms with Crippen molar-refractivity contribution in [3.63, 3.8) is 0 Å². The molecular weight excluding hydrogens is 512 g/mol. The van der Waals surface area contributed by atoms with Crippen LogP contribution in [0.4, 0.5) is 0 Å². The van der Waals surface area contributed by atoms with Gasteiger partial charge in [-0.15, -0.1) is 0 Å². The van der Waals surface area contributed by atoms with Gasteiger partial charge < -0.3 is 4.74 Å². The second-order valence-corrected chi connectivity index (χ2v) is 14.5. The Morgan fingerprint density at radius 3 is 2.12 bits per heavy atom. The van der Waals surface area contributed by atoms with Crippen LogP contribution in [0.25, 0.3) is 0 Å². The largest absolute Gasteiger partial charge is 0.458 e. The average Bonchev–Trinajstić information content (AvgIpc) is 2.87. The third-order valence-electron chi connectivity index (χ3n) is 8.92. The zero-order chi connectivity index (χ0) is 31.5. The SMILES string of the molecule is CC(C=CC1=C(C)CCCC1(C)C)=CC=CC(C)=CC(=O)OCC=C(C)CCCC(C)CCCC(C)CCCC(C)C. The van der Waals surface area contributed by atoms with Crippen LogP contribution in [-0.4, -0.2) is 12.6 Å². The van der Waals surface area contributed by atoms with Gasteiger partial charge in [-0.1, -0.05) is 134 Å². The van der Waals surface area contributed by atoms with Crippen molar-refractivity contribution in [2.24, 2.45) is 23.2 Å². The van der Waals surface area contributed by atoms with Gasteiger partial charge in [-0.2, -0.15) is 0 Å².